The fourth-order valence-electron chi connectivity index (χ4n) is 1.05. The molecule has 0 saturated carbocycles. The summed E-state index contributed by atoms with van der Waals surface area (Å²) in [6.45, 7) is 0. The molecular weight excluding hydrogens is 218 g/mol. The first-order valence-electron chi connectivity index (χ1n) is 3.34. The standard InChI is InChI=1S/C8H4BrN3/c9-7-2-8-6(4-11-12-8)1-5(7)3-10/h1-2,4H,(H,11,12). The van der Waals surface area contributed by atoms with Crippen LogP contribution in [0.2, 0.25) is 0 Å². The highest BCUT2D eigenvalue weighted by molar-refractivity contribution is 9.10. The van der Waals surface area contributed by atoms with E-state index in [1.807, 2.05) is 6.07 Å². The van der Waals surface area contributed by atoms with E-state index in [1.165, 1.54) is 0 Å². The molecule has 0 aliphatic rings. The third kappa shape index (κ3) is 0.990. The van der Waals surface area contributed by atoms with E-state index in [-0.39, 0.29) is 0 Å². The molecule has 1 heterocycles. The van der Waals surface area contributed by atoms with Crippen molar-refractivity contribution in [3.63, 3.8) is 0 Å². The number of nitrogens with zero attached hydrogens (tertiary/aromatic N) is 2. The maximum absolute atomic E-state index is 8.70. The SMILES string of the molecule is N#Cc1cc2cn[nH]c2cc1Br. The molecular formula is C8H4BrN3. The smallest absolute Gasteiger partial charge is 0.100 e. The minimum Gasteiger partial charge on any atom is -0.278 e. The van der Waals surface area contributed by atoms with E-state index in [2.05, 4.69) is 32.2 Å². The van der Waals surface area contributed by atoms with Gasteiger partial charge in [-0.15, -0.1) is 0 Å². The second-order valence-electron chi connectivity index (χ2n) is 2.40. The Bertz CT molecular complexity index is 467. The van der Waals surface area contributed by atoms with E-state index in [0.29, 0.717) is 5.56 Å². The number of hydrogen-bond donors (Lipinski definition) is 1. The second-order valence-corrected chi connectivity index (χ2v) is 3.26. The quantitative estimate of drug-likeness (QED) is 0.742. The van der Waals surface area contributed by atoms with Crippen LogP contribution in [-0.4, -0.2) is 10.2 Å². The monoisotopic (exact) mass is 221 g/mol. The van der Waals surface area contributed by atoms with Crippen molar-refractivity contribution in [1.82, 2.24) is 10.2 Å². The number of nitriles is 1. The van der Waals surface area contributed by atoms with Gasteiger partial charge in [0.2, 0.25) is 0 Å². The van der Waals surface area contributed by atoms with E-state index < -0.39 is 0 Å². The summed E-state index contributed by atoms with van der Waals surface area (Å²) in [5.74, 6) is 0. The number of rotatable bonds is 0. The Labute approximate surface area is 77.1 Å². The number of nitrogens with one attached hydrogen (secondary N) is 1. The Morgan fingerprint density at radius 2 is 2.33 bits per heavy atom. The van der Waals surface area contributed by atoms with Crippen molar-refractivity contribution in [3.8, 4) is 6.07 Å². The molecule has 1 aromatic carbocycles. The molecule has 1 aromatic heterocycles. The van der Waals surface area contributed by atoms with Crippen LogP contribution in [0.4, 0.5) is 0 Å². The van der Waals surface area contributed by atoms with Crippen molar-refractivity contribution in [2.24, 2.45) is 0 Å². The van der Waals surface area contributed by atoms with Crippen molar-refractivity contribution in [3.05, 3.63) is 28.4 Å². The van der Waals surface area contributed by atoms with Crippen LogP contribution in [0.15, 0.2) is 22.8 Å². The number of fused-ring (bicyclic) bond motifs is 1. The van der Waals surface area contributed by atoms with Gasteiger partial charge in [-0.05, 0) is 28.1 Å². The lowest BCUT2D eigenvalue weighted by atomic mass is 10.2. The fourth-order valence-corrected chi connectivity index (χ4v) is 1.48. The molecule has 4 heteroatoms. The van der Waals surface area contributed by atoms with Gasteiger partial charge in [0.1, 0.15) is 6.07 Å². The Hall–Kier alpha value is -1.34. The van der Waals surface area contributed by atoms with E-state index in [1.54, 1.807) is 12.3 Å². The van der Waals surface area contributed by atoms with Crippen LogP contribution in [0.3, 0.4) is 0 Å². The molecule has 3 nitrogen and oxygen atoms in total. The number of H-pyrrole nitrogens is 1. The molecule has 2 rings (SSSR count). The zero-order valence-corrected chi connectivity index (χ0v) is 7.59. The van der Waals surface area contributed by atoms with Gasteiger partial charge in [-0.25, -0.2) is 0 Å². The first-order valence-corrected chi connectivity index (χ1v) is 4.13. The first-order chi connectivity index (χ1) is 5.81. The number of benzene rings is 1. The normalized spacial score (nSPS) is 10.0. The molecule has 0 atom stereocenters. The van der Waals surface area contributed by atoms with Gasteiger partial charge in [-0.3, -0.25) is 5.10 Å². The van der Waals surface area contributed by atoms with Crippen LogP contribution in [-0.2, 0) is 0 Å². The summed E-state index contributed by atoms with van der Waals surface area (Å²) >= 11 is 3.29. The van der Waals surface area contributed by atoms with Crippen LogP contribution in [0.5, 0.6) is 0 Å². The summed E-state index contributed by atoms with van der Waals surface area (Å²) < 4.78 is 0.793. The molecule has 0 aliphatic carbocycles. The largest absolute Gasteiger partial charge is 0.278 e. The van der Waals surface area contributed by atoms with E-state index in [9.17, 15) is 0 Å². The van der Waals surface area contributed by atoms with Crippen molar-refractivity contribution in [2.75, 3.05) is 0 Å². The van der Waals surface area contributed by atoms with E-state index >= 15 is 0 Å². The zero-order chi connectivity index (χ0) is 8.55. The predicted octanol–water partition coefficient (Wildman–Crippen LogP) is 2.20. The Morgan fingerprint density at radius 3 is 3.08 bits per heavy atom. The number of hydrogen-bond acceptors (Lipinski definition) is 2. The summed E-state index contributed by atoms with van der Waals surface area (Å²) in [6, 6.07) is 5.73. The summed E-state index contributed by atoms with van der Waals surface area (Å²) in [4.78, 5) is 0. The van der Waals surface area contributed by atoms with Gasteiger partial charge in [-0.1, -0.05) is 0 Å². The average Bonchev–Trinajstić information content (AvgIpc) is 2.49. The third-order valence-electron chi connectivity index (χ3n) is 1.65. The lowest BCUT2D eigenvalue weighted by Gasteiger charge is -1.93. The zero-order valence-electron chi connectivity index (χ0n) is 6.00. The molecule has 2 aromatic rings. The Balaban J connectivity index is 2.84. The van der Waals surface area contributed by atoms with Gasteiger partial charge >= 0.3 is 0 Å². The van der Waals surface area contributed by atoms with Gasteiger partial charge in [0.25, 0.3) is 0 Å². The van der Waals surface area contributed by atoms with Gasteiger partial charge in [-0.2, -0.15) is 10.4 Å². The average molecular weight is 222 g/mol. The molecule has 0 fully saturated rings. The number of aromatic nitrogens is 2. The number of halogens is 1. The molecule has 1 N–H and O–H groups in total. The topological polar surface area (TPSA) is 52.5 Å². The third-order valence-corrected chi connectivity index (χ3v) is 2.30. The minimum atomic E-state index is 0.629. The highest BCUT2D eigenvalue weighted by Gasteiger charge is 2.02. The van der Waals surface area contributed by atoms with E-state index in [4.69, 9.17) is 5.26 Å². The van der Waals surface area contributed by atoms with Crippen LogP contribution in [0.25, 0.3) is 10.9 Å². The Morgan fingerprint density at radius 1 is 1.50 bits per heavy atom. The lowest BCUT2D eigenvalue weighted by molar-refractivity contribution is 1.12. The fraction of sp³-hybridized carbons (Fsp3) is 0. The highest BCUT2D eigenvalue weighted by atomic mass is 79.9. The molecule has 0 saturated heterocycles. The molecule has 0 aliphatic heterocycles. The maximum atomic E-state index is 8.70. The lowest BCUT2D eigenvalue weighted by Crippen LogP contribution is -1.77. The molecule has 12 heavy (non-hydrogen) atoms. The maximum Gasteiger partial charge on any atom is 0.100 e. The minimum absolute atomic E-state index is 0.629. The number of aromatic amines is 1. The van der Waals surface area contributed by atoms with Crippen molar-refractivity contribution in [2.45, 2.75) is 0 Å². The van der Waals surface area contributed by atoms with Crippen molar-refractivity contribution < 1.29 is 0 Å². The van der Waals surface area contributed by atoms with Crippen LogP contribution in [0, 0.1) is 11.3 Å². The van der Waals surface area contributed by atoms with Crippen LogP contribution < -0.4 is 0 Å². The molecule has 0 bridgehead atoms. The molecule has 0 amide bonds. The van der Waals surface area contributed by atoms with Gasteiger partial charge in [0.15, 0.2) is 0 Å². The van der Waals surface area contributed by atoms with Crippen molar-refractivity contribution in [1.29, 1.82) is 5.26 Å². The summed E-state index contributed by atoms with van der Waals surface area (Å²) in [5, 5.41) is 16.3. The molecule has 0 radical (unpaired) electrons. The Kier molecular flexibility index (Phi) is 1.59. The van der Waals surface area contributed by atoms with Crippen molar-refractivity contribution >= 4 is 26.8 Å². The summed E-state index contributed by atoms with van der Waals surface area (Å²) in [7, 11) is 0. The van der Waals surface area contributed by atoms with Crippen LogP contribution >= 0.6 is 15.9 Å². The van der Waals surface area contributed by atoms with Gasteiger partial charge in [0.05, 0.1) is 17.3 Å². The summed E-state index contributed by atoms with van der Waals surface area (Å²) in [6.07, 6.45) is 1.70. The van der Waals surface area contributed by atoms with Gasteiger partial charge in [0, 0.05) is 9.86 Å². The highest BCUT2D eigenvalue weighted by Crippen LogP contribution is 2.21. The molecule has 0 unspecified atom stereocenters. The summed E-state index contributed by atoms with van der Waals surface area (Å²) in [5.41, 5.74) is 1.56. The van der Waals surface area contributed by atoms with Crippen LogP contribution in [0.1, 0.15) is 5.56 Å². The predicted molar refractivity (Wildman–Crippen MR) is 48.5 cm³/mol. The molecule has 58 valence electrons. The second kappa shape index (κ2) is 2.61. The molecule has 0 spiro atoms. The first kappa shape index (κ1) is 7.32. The van der Waals surface area contributed by atoms with Gasteiger partial charge < -0.3 is 0 Å². The van der Waals surface area contributed by atoms with E-state index in [0.717, 1.165) is 15.4 Å².